The predicted octanol–water partition coefficient (Wildman–Crippen LogP) is 4.41. The second-order valence-electron chi connectivity index (χ2n) is 8.85. The maximum atomic E-state index is 12.3. The number of aromatic nitrogens is 2. The maximum Gasteiger partial charge on any atom is 0.336 e. The van der Waals surface area contributed by atoms with Gasteiger partial charge < -0.3 is 20.4 Å². The molecular weight excluding hydrogens is 474 g/mol. The number of nitrogens with zero attached hydrogens (tertiary/aromatic N) is 2. The second kappa shape index (κ2) is 12.7. The molecule has 0 aliphatic carbocycles. The molecule has 1 unspecified atom stereocenters. The number of aliphatic carboxylic acids is 1. The Labute approximate surface area is 216 Å². The predicted molar refractivity (Wildman–Crippen MR) is 139 cm³/mol. The Morgan fingerprint density at radius 3 is 2.41 bits per heavy atom. The molecule has 3 rings (SSSR count). The lowest BCUT2D eigenvalue weighted by Gasteiger charge is -2.19. The molecule has 1 heterocycles. The van der Waals surface area contributed by atoms with Crippen LogP contribution in [0.15, 0.2) is 48.7 Å². The van der Waals surface area contributed by atoms with Crippen LogP contribution in [0.3, 0.4) is 0 Å². The van der Waals surface area contributed by atoms with Crippen molar-refractivity contribution < 1.29 is 29.3 Å². The molecule has 1 aromatic heterocycles. The van der Waals surface area contributed by atoms with Crippen molar-refractivity contribution in [3.63, 3.8) is 0 Å². The fraction of sp³-hybridized carbons (Fsp3) is 0.357. The molecule has 37 heavy (non-hydrogen) atoms. The van der Waals surface area contributed by atoms with Gasteiger partial charge in [0.1, 0.15) is 29.9 Å². The van der Waals surface area contributed by atoms with E-state index in [1.54, 1.807) is 41.1 Å². The van der Waals surface area contributed by atoms with Crippen LogP contribution >= 0.6 is 0 Å². The molecule has 196 valence electrons. The van der Waals surface area contributed by atoms with E-state index in [0.717, 1.165) is 24.8 Å². The van der Waals surface area contributed by atoms with E-state index in [2.05, 4.69) is 17.3 Å². The highest BCUT2D eigenvalue weighted by atomic mass is 16.5. The molecule has 0 radical (unpaired) electrons. The van der Waals surface area contributed by atoms with Crippen LogP contribution in [-0.4, -0.2) is 44.1 Å². The van der Waals surface area contributed by atoms with Crippen molar-refractivity contribution in [3.05, 3.63) is 82.4 Å². The van der Waals surface area contributed by atoms with Crippen LogP contribution in [0.5, 0.6) is 5.75 Å². The highest BCUT2D eigenvalue weighted by Crippen LogP contribution is 2.28. The first kappa shape index (κ1) is 27.4. The van der Waals surface area contributed by atoms with Crippen molar-refractivity contribution in [1.82, 2.24) is 9.66 Å². The number of ether oxygens (including phenoxy) is 1. The summed E-state index contributed by atoms with van der Waals surface area (Å²) in [5, 5.41) is 19.6. The zero-order valence-corrected chi connectivity index (χ0v) is 21.4. The van der Waals surface area contributed by atoms with Gasteiger partial charge in [0, 0.05) is 12.0 Å². The van der Waals surface area contributed by atoms with Crippen molar-refractivity contribution in [3.8, 4) is 5.75 Å². The highest BCUT2D eigenvalue weighted by molar-refractivity contribution is 5.89. The number of carboxylic acids is 2. The maximum absolute atomic E-state index is 12.3. The molecule has 2 aromatic carbocycles. The van der Waals surface area contributed by atoms with E-state index in [-0.39, 0.29) is 24.5 Å². The summed E-state index contributed by atoms with van der Waals surface area (Å²) in [5.41, 5.74) is 5.65. The standard InChI is InChI=1S/C28H33N3O6/c1-4-6-7-25-29-16-24(31(25)30-15-18(3)32)26(28(35)36)20-10-12-22(13-11-20)37-17-21-9-8-19(5-2)14-23(21)27(33)34/h8-14,16,26,30H,4-7,15,17H2,1-3H3,(H,33,34)(H,35,36). The monoisotopic (exact) mass is 507 g/mol. The van der Waals surface area contributed by atoms with Crippen molar-refractivity contribution in [2.75, 3.05) is 12.0 Å². The summed E-state index contributed by atoms with van der Waals surface area (Å²) in [6.45, 7) is 5.60. The van der Waals surface area contributed by atoms with Gasteiger partial charge in [-0.2, -0.15) is 0 Å². The van der Waals surface area contributed by atoms with Crippen LogP contribution in [0.2, 0.25) is 0 Å². The van der Waals surface area contributed by atoms with Gasteiger partial charge >= 0.3 is 11.9 Å². The number of unbranched alkanes of at least 4 members (excludes halogenated alkanes) is 1. The Kier molecular flexibility index (Phi) is 9.43. The first-order valence-corrected chi connectivity index (χ1v) is 12.4. The Balaban J connectivity index is 1.83. The van der Waals surface area contributed by atoms with Crippen LogP contribution in [-0.2, 0) is 29.0 Å². The number of rotatable bonds is 14. The minimum Gasteiger partial charge on any atom is -0.489 e. The summed E-state index contributed by atoms with van der Waals surface area (Å²) in [5.74, 6) is -2.00. The van der Waals surface area contributed by atoms with E-state index in [0.29, 0.717) is 34.8 Å². The lowest BCUT2D eigenvalue weighted by Crippen LogP contribution is -2.27. The zero-order valence-electron chi connectivity index (χ0n) is 21.4. The fourth-order valence-corrected chi connectivity index (χ4v) is 4.02. The van der Waals surface area contributed by atoms with Gasteiger partial charge in [-0.05, 0) is 49.1 Å². The molecule has 0 saturated carbocycles. The number of hydrogen-bond acceptors (Lipinski definition) is 6. The van der Waals surface area contributed by atoms with Gasteiger partial charge in [0.25, 0.3) is 0 Å². The molecule has 9 heteroatoms. The Bertz CT molecular complexity index is 1250. The molecule has 0 aliphatic heterocycles. The van der Waals surface area contributed by atoms with Gasteiger partial charge in [-0.25, -0.2) is 14.5 Å². The minimum atomic E-state index is -1.05. The largest absolute Gasteiger partial charge is 0.489 e. The van der Waals surface area contributed by atoms with Gasteiger partial charge in [0.2, 0.25) is 0 Å². The lowest BCUT2D eigenvalue weighted by molar-refractivity contribution is -0.137. The average Bonchev–Trinajstić information content (AvgIpc) is 3.27. The normalized spacial score (nSPS) is 11.6. The number of carbonyl (C=O) groups excluding carboxylic acids is 1. The number of ketones is 1. The van der Waals surface area contributed by atoms with Gasteiger partial charge in [0.05, 0.1) is 24.0 Å². The number of benzene rings is 2. The molecule has 0 amide bonds. The molecule has 0 saturated heterocycles. The number of Topliss-reactive ketones (excluding diaryl/α,β-unsaturated/α-hetero) is 1. The van der Waals surface area contributed by atoms with Gasteiger partial charge in [-0.15, -0.1) is 0 Å². The Hall–Kier alpha value is -4.14. The number of carboxylic acid groups (broad SMARTS) is 2. The molecule has 1 atom stereocenters. The average molecular weight is 508 g/mol. The summed E-state index contributed by atoms with van der Waals surface area (Å²) >= 11 is 0. The number of carbonyl (C=O) groups is 3. The van der Waals surface area contributed by atoms with Crippen molar-refractivity contribution in [2.24, 2.45) is 0 Å². The third kappa shape index (κ3) is 6.97. The molecule has 3 aromatic rings. The zero-order chi connectivity index (χ0) is 26.9. The molecule has 0 aliphatic rings. The number of aromatic carboxylic acids is 1. The third-order valence-electron chi connectivity index (χ3n) is 6.07. The van der Waals surface area contributed by atoms with Crippen LogP contribution in [0, 0.1) is 0 Å². The van der Waals surface area contributed by atoms with Gasteiger partial charge in [0.15, 0.2) is 0 Å². The summed E-state index contributed by atoms with van der Waals surface area (Å²) in [4.78, 5) is 40.0. The van der Waals surface area contributed by atoms with E-state index in [1.807, 2.05) is 13.0 Å². The molecule has 0 bridgehead atoms. The number of aryl methyl sites for hydroxylation is 2. The Morgan fingerprint density at radius 2 is 1.81 bits per heavy atom. The summed E-state index contributed by atoms with van der Waals surface area (Å²) < 4.78 is 7.43. The summed E-state index contributed by atoms with van der Waals surface area (Å²) in [6.07, 6.45) is 4.76. The first-order chi connectivity index (χ1) is 17.7. The van der Waals surface area contributed by atoms with E-state index >= 15 is 0 Å². The van der Waals surface area contributed by atoms with Crippen molar-refractivity contribution in [2.45, 2.75) is 59.0 Å². The molecule has 3 N–H and O–H groups in total. The topological polar surface area (TPSA) is 131 Å². The number of imidazole rings is 1. The lowest BCUT2D eigenvalue weighted by atomic mass is 9.96. The molecule has 0 spiro atoms. The van der Waals surface area contributed by atoms with Crippen molar-refractivity contribution >= 4 is 17.7 Å². The van der Waals surface area contributed by atoms with E-state index < -0.39 is 17.9 Å². The molecule has 0 fully saturated rings. The summed E-state index contributed by atoms with van der Waals surface area (Å²) in [6, 6.07) is 11.9. The van der Waals surface area contributed by atoms with Crippen LogP contribution in [0.25, 0.3) is 0 Å². The molecular formula is C28H33N3O6. The Morgan fingerprint density at radius 1 is 1.08 bits per heavy atom. The smallest absolute Gasteiger partial charge is 0.336 e. The first-order valence-electron chi connectivity index (χ1n) is 12.4. The third-order valence-corrected chi connectivity index (χ3v) is 6.07. The second-order valence-corrected chi connectivity index (χ2v) is 8.85. The summed E-state index contributed by atoms with van der Waals surface area (Å²) in [7, 11) is 0. The van der Waals surface area contributed by atoms with Crippen molar-refractivity contribution in [1.29, 1.82) is 0 Å². The minimum absolute atomic E-state index is 0.0547. The van der Waals surface area contributed by atoms with Gasteiger partial charge in [-0.3, -0.25) is 9.59 Å². The fourth-order valence-electron chi connectivity index (χ4n) is 4.02. The van der Waals surface area contributed by atoms with E-state index in [1.165, 1.54) is 13.1 Å². The number of hydrogen-bond donors (Lipinski definition) is 3. The SMILES string of the molecule is CCCCc1ncc(C(C(=O)O)c2ccc(OCc3ccc(CC)cc3C(=O)O)cc2)n1NCC(C)=O. The van der Waals surface area contributed by atoms with E-state index in [4.69, 9.17) is 4.74 Å². The van der Waals surface area contributed by atoms with Gasteiger partial charge in [-0.1, -0.05) is 44.5 Å². The quantitative estimate of drug-likeness (QED) is 0.292. The molecule has 9 nitrogen and oxygen atoms in total. The van der Waals surface area contributed by atoms with Crippen LogP contribution < -0.4 is 10.2 Å². The highest BCUT2D eigenvalue weighted by Gasteiger charge is 2.28. The number of nitrogens with one attached hydrogen (secondary N) is 1. The van der Waals surface area contributed by atoms with Crippen LogP contribution in [0.1, 0.15) is 78.1 Å². The van der Waals surface area contributed by atoms with Crippen LogP contribution in [0.4, 0.5) is 0 Å². The van der Waals surface area contributed by atoms with E-state index in [9.17, 15) is 24.6 Å².